The van der Waals surface area contributed by atoms with E-state index in [1.165, 1.54) is 47.4 Å². The van der Waals surface area contributed by atoms with Gasteiger partial charge in [0.05, 0.1) is 48.6 Å². The number of fused-ring (bicyclic) bond motifs is 1. The molecule has 1 aromatic heterocycles. The second-order valence-electron chi connectivity index (χ2n) is 9.10. The summed E-state index contributed by atoms with van der Waals surface area (Å²) in [6, 6.07) is 9.41. The number of rotatable bonds is 4. The molecule has 13 heteroatoms. The normalized spacial score (nSPS) is 22.2. The van der Waals surface area contributed by atoms with E-state index in [0.717, 1.165) is 11.0 Å². The molecule has 1 saturated carbocycles. The predicted octanol–water partition coefficient (Wildman–Crippen LogP) is 3.68. The van der Waals surface area contributed by atoms with Gasteiger partial charge in [-0.15, -0.1) is 5.10 Å². The van der Waals surface area contributed by atoms with Crippen LogP contribution in [0.3, 0.4) is 0 Å². The molecular formula is C21H16B3ClF3N3O2S. The van der Waals surface area contributed by atoms with Gasteiger partial charge in [0, 0.05) is 5.54 Å². The van der Waals surface area contributed by atoms with E-state index in [1.807, 2.05) is 0 Å². The third-order valence-electron chi connectivity index (χ3n) is 6.78. The van der Waals surface area contributed by atoms with Crippen molar-refractivity contribution in [2.45, 2.75) is 46.9 Å². The van der Waals surface area contributed by atoms with E-state index in [2.05, 4.69) is 5.10 Å². The van der Waals surface area contributed by atoms with Crippen molar-refractivity contribution in [3.05, 3.63) is 53.1 Å². The van der Waals surface area contributed by atoms with Crippen LogP contribution in [-0.4, -0.2) is 59.1 Å². The summed E-state index contributed by atoms with van der Waals surface area (Å²) >= 11 is 6.40. The van der Waals surface area contributed by atoms with Crippen molar-refractivity contribution in [1.29, 1.82) is 0 Å². The highest BCUT2D eigenvalue weighted by atomic mass is 35.5. The van der Waals surface area contributed by atoms with Crippen LogP contribution < -0.4 is 4.90 Å². The number of benzene rings is 2. The van der Waals surface area contributed by atoms with E-state index in [0.29, 0.717) is 12.8 Å². The summed E-state index contributed by atoms with van der Waals surface area (Å²) < 4.78 is 71.4. The first-order valence-electron chi connectivity index (χ1n) is 10.4. The molecule has 0 N–H and O–H groups in total. The van der Waals surface area contributed by atoms with Gasteiger partial charge in [0.2, 0.25) is 0 Å². The van der Waals surface area contributed by atoms with Crippen molar-refractivity contribution in [2.24, 2.45) is 0 Å². The summed E-state index contributed by atoms with van der Waals surface area (Å²) in [5.41, 5.74) is -3.26. The second-order valence-corrected chi connectivity index (χ2v) is 11.3. The molecule has 34 heavy (non-hydrogen) atoms. The van der Waals surface area contributed by atoms with Crippen molar-refractivity contribution in [3.63, 3.8) is 0 Å². The van der Waals surface area contributed by atoms with Gasteiger partial charge in [-0.1, -0.05) is 29.8 Å². The van der Waals surface area contributed by atoms with Crippen LogP contribution in [0.5, 0.6) is 0 Å². The van der Waals surface area contributed by atoms with Crippen LogP contribution in [0.15, 0.2) is 47.4 Å². The molecule has 1 aliphatic carbocycles. The fourth-order valence-electron chi connectivity index (χ4n) is 4.63. The molecule has 2 aromatic carbocycles. The van der Waals surface area contributed by atoms with Gasteiger partial charge in [-0.05, 0) is 54.8 Å². The standard InChI is InChI=1S/C21H16B3ClF3N3O2S/c1-18(22,26)12-5-7-13(8-6-12)34(32,33)31-15-4-2-3-14(25)16(15)17(29-31)30-11-20(27,28)21(23,24)19(30)9-10-19/h2-8H,9-11H2,1H3. The molecule has 2 aliphatic rings. The zero-order valence-electron chi connectivity index (χ0n) is 18.0. The summed E-state index contributed by atoms with van der Waals surface area (Å²) in [5, 5.41) is 2.23. The summed E-state index contributed by atoms with van der Waals surface area (Å²) in [7, 11) is 12.9. The van der Waals surface area contributed by atoms with Gasteiger partial charge in [0.1, 0.15) is 7.85 Å². The van der Waals surface area contributed by atoms with Crippen LogP contribution in [0, 0.1) is 0 Å². The Kier molecular flexibility index (Phi) is 4.87. The maximum atomic E-state index is 14.8. The Hall–Kier alpha value is -2.07. The average molecular weight is 499 g/mol. The lowest BCUT2D eigenvalue weighted by Crippen LogP contribution is -2.42. The van der Waals surface area contributed by atoms with E-state index in [9.17, 15) is 21.6 Å². The van der Waals surface area contributed by atoms with Gasteiger partial charge in [-0.25, -0.2) is 8.78 Å². The van der Waals surface area contributed by atoms with Crippen LogP contribution in [0.2, 0.25) is 10.2 Å². The van der Waals surface area contributed by atoms with Gasteiger partial charge >= 0.3 is 0 Å². The van der Waals surface area contributed by atoms with Crippen molar-refractivity contribution >= 4 is 61.9 Å². The zero-order chi connectivity index (χ0) is 24.9. The molecule has 2 fully saturated rings. The fraction of sp³-hybridized carbons (Fsp3) is 0.381. The SMILES string of the molecule is [B]C(C)(F)c1ccc(S(=O)(=O)n2nc(N3CC(F)(F)C([B])([B])C34CC4)c3c(Cl)cccc32)cc1. The van der Waals surface area contributed by atoms with Crippen molar-refractivity contribution in [2.75, 3.05) is 11.4 Å². The first kappa shape index (κ1) is 23.7. The Morgan fingerprint density at radius 3 is 2.29 bits per heavy atom. The quantitative estimate of drug-likeness (QED) is 0.515. The van der Waals surface area contributed by atoms with Gasteiger partial charge in [-0.3, -0.25) is 4.39 Å². The maximum Gasteiger partial charge on any atom is 0.283 e. The minimum Gasteiger partial charge on any atom is -0.344 e. The second kappa shape index (κ2) is 7.00. The third-order valence-corrected chi connectivity index (χ3v) is 8.70. The minimum absolute atomic E-state index is 0.0472. The lowest BCUT2D eigenvalue weighted by Gasteiger charge is -2.35. The topological polar surface area (TPSA) is 55.2 Å². The Balaban J connectivity index is 1.69. The first-order chi connectivity index (χ1) is 15.6. The van der Waals surface area contributed by atoms with Gasteiger partial charge in [-0.2, -0.15) is 12.5 Å². The molecule has 2 heterocycles. The molecule has 5 nitrogen and oxygen atoms in total. The smallest absolute Gasteiger partial charge is 0.283 e. The Morgan fingerprint density at radius 1 is 1.12 bits per heavy atom. The molecule has 6 radical (unpaired) electrons. The molecule has 5 rings (SSSR count). The minimum atomic E-state index is -4.32. The van der Waals surface area contributed by atoms with Gasteiger partial charge in [0.25, 0.3) is 15.9 Å². The van der Waals surface area contributed by atoms with E-state index in [-0.39, 0.29) is 32.2 Å². The number of anilines is 1. The maximum absolute atomic E-state index is 14.8. The molecule has 170 valence electrons. The summed E-state index contributed by atoms with van der Waals surface area (Å²) in [5.74, 6) is -3.49. The Bertz CT molecular complexity index is 1420. The molecule has 0 amide bonds. The third kappa shape index (κ3) is 3.10. The highest BCUT2D eigenvalue weighted by Gasteiger charge is 2.73. The van der Waals surface area contributed by atoms with Gasteiger partial charge < -0.3 is 4.90 Å². The van der Waals surface area contributed by atoms with E-state index in [4.69, 9.17) is 35.1 Å². The van der Waals surface area contributed by atoms with E-state index >= 15 is 0 Å². The number of alkyl halides is 3. The van der Waals surface area contributed by atoms with Crippen LogP contribution in [0.1, 0.15) is 25.3 Å². The van der Waals surface area contributed by atoms with Crippen LogP contribution in [-0.2, 0) is 15.6 Å². The molecule has 3 aromatic rings. The molecule has 1 saturated heterocycles. The molecular weight excluding hydrogens is 483 g/mol. The molecule has 1 unspecified atom stereocenters. The lowest BCUT2D eigenvalue weighted by atomic mass is 9.47. The molecule has 1 atom stereocenters. The number of aromatic nitrogens is 2. The highest BCUT2D eigenvalue weighted by Crippen LogP contribution is 2.67. The summed E-state index contributed by atoms with van der Waals surface area (Å²) in [6.45, 7) is 0.303. The largest absolute Gasteiger partial charge is 0.344 e. The van der Waals surface area contributed by atoms with Crippen molar-refractivity contribution < 1.29 is 21.6 Å². The molecule has 1 spiro atoms. The highest BCUT2D eigenvalue weighted by molar-refractivity contribution is 7.90. The zero-order valence-corrected chi connectivity index (χ0v) is 19.5. The first-order valence-corrected chi connectivity index (χ1v) is 12.2. The lowest BCUT2D eigenvalue weighted by molar-refractivity contribution is 0.00881. The summed E-state index contributed by atoms with van der Waals surface area (Å²) in [6.07, 6.45) is 0.591. The van der Waals surface area contributed by atoms with Crippen LogP contribution >= 0.6 is 11.6 Å². The average Bonchev–Trinajstić information content (AvgIpc) is 3.43. The van der Waals surface area contributed by atoms with Crippen molar-refractivity contribution in [3.8, 4) is 0 Å². The number of hydrogen-bond donors (Lipinski definition) is 0. The monoisotopic (exact) mass is 499 g/mol. The Morgan fingerprint density at radius 2 is 1.74 bits per heavy atom. The summed E-state index contributed by atoms with van der Waals surface area (Å²) in [4.78, 5) is 1.08. The number of hydrogen-bond acceptors (Lipinski definition) is 4. The Labute approximate surface area is 203 Å². The number of halogens is 4. The number of nitrogens with zero attached hydrogens (tertiary/aromatic N) is 3. The van der Waals surface area contributed by atoms with Crippen LogP contribution in [0.4, 0.5) is 19.0 Å². The van der Waals surface area contributed by atoms with Crippen LogP contribution in [0.25, 0.3) is 10.9 Å². The van der Waals surface area contributed by atoms with E-state index in [1.54, 1.807) is 0 Å². The van der Waals surface area contributed by atoms with Gasteiger partial charge in [0.15, 0.2) is 5.82 Å². The van der Waals surface area contributed by atoms with Crippen molar-refractivity contribution in [1.82, 2.24) is 9.19 Å². The molecule has 0 bridgehead atoms. The van der Waals surface area contributed by atoms with E-state index < -0.39 is 38.8 Å². The molecule has 1 aliphatic heterocycles. The predicted molar refractivity (Wildman–Crippen MR) is 126 cm³/mol. The fourth-order valence-corrected chi connectivity index (χ4v) is 6.16.